The zero-order valence-electron chi connectivity index (χ0n) is 14.6. The van der Waals surface area contributed by atoms with E-state index in [2.05, 4.69) is 10.2 Å². The molecule has 2 heterocycles. The number of amides is 1. The molecule has 0 spiro atoms. The zero-order valence-corrected chi connectivity index (χ0v) is 15.3. The molecule has 0 unspecified atom stereocenters. The number of likely N-dealkylation sites (tertiary alicyclic amines) is 1. The van der Waals surface area contributed by atoms with Crippen LogP contribution in [0, 0.1) is 6.92 Å². The van der Waals surface area contributed by atoms with E-state index in [4.69, 9.17) is 16.0 Å². The maximum absolute atomic E-state index is 12.2. The van der Waals surface area contributed by atoms with Crippen LogP contribution in [-0.2, 0) is 11.2 Å². The number of hydrogen-bond acceptors (Lipinski definition) is 4. The van der Waals surface area contributed by atoms with Gasteiger partial charge in [0.1, 0.15) is 5.58 Å². The maximum atomic E-state index is 12.2. The molecule has 1 fully saturated rings. The number of carbonyl (C=O) groups excluding carboxylic acids is 1. The van der Waals surface area contributed by atoms with Gasteiger partial charge in [0.25, 0.3) is 0 Å². The molecule has 3 rings (SSSR count). The Morgan fingerprint density at radius 2 is 2.28 bits per heavy atom. The van der Waals surface area contributed by atoms with Gasteiger partial charge in [-0.2, -0.15) is 0 Å². The van der Waals surface area contributed by atoms with E-state index in [1.807, 2.05) is 19.1 Å². The summed E-state index contributed by atoms with van der Waals surface area (Å²) < 4.78 is 5.54. The lowest BCUT2D eigenvalue weighted by atomic mass is 10.0. The molecule has 6 heteroatoms. The molecule has 1 amide bonds. The van der Waals surface area contributed by atoms with E-state index in [0.717, 1.165) is 48.0 Å². The van der Waals surface area contributed by atoms with Crippen molar-refractivity contribution in [3.63, 3.8) is 0 Å². The lowest BCUT2D eigenvalue weighted by Crippen LogP contribution is -2.45. The second kappa shape index (κ2) is 8.21. The zero-order chi connectivity index (χ0) is 17.8. The van der Waals surface area contributed by atoms with Gasteiger partial charge in [-0.15, -0.1) is 0 Å². The smallest absolute Gasteiger partial charge is 0.224 e. The number of benzene rings is 1. The Hall–Kier alpha value is -1.56. The lowest BCUT2D eigenvalue weighted by Gasteiger charge is -2.34. The summed E-state index contributed by atoms with van der Waals surface area (Å²) >= 11 is 6.18. The summed E-state index contributed by atoms with van der Waals surface area (Å²) in [4.78, 5) is 14.5. The third-order valence-corrected chi connectivity index (χ3v) is 5.37. The Kier molecular flexibility index (Phi) is 5.99. The van der Waals surface area contributed by atoms with E-state index >= 15 is 0 Å². The lowest BCUT2D eigenvalue weighted by molar-refractivity contribution is -0.120. The highest BCUT2D eigenvalue weighted by atomic mass is 35.5. The van der Waals surface area contributed by atoms with Gasteiger partial charge in [0, 0.05) is 35.1 Å². The van der Waals surface area contributed by atoms with E-state index in [0.29, 0.717) is 11.6 Å². The fourth-order valence-electron chi connectivity index (χ4n) is 3.47. The first kappa shape index (κ1) is 18.2. The van der Waals surface area contributed by atoms with Gasteiger partial charge in [-0.1, -0.05) is 18.0 Å². The first-order valence-electron chi connectivity index (χ1n) is 8.86. The third kappa shape index (κ3) is 4.35. The van der Waals surface area contributed by atoms with Crippen molar-refractivity contribution in [2.24, 2.45) is 0 Å². The molecule has 1 aromatic carbocycles. The predicted molar refractivity (Wildman–Crippen MR) is 99.0 cm³/mol. The molecule has 5 nitrogen and oxygen atoms in total. The number of hydrogen-bond donors (Lipinski definition) is 2. The molecule has 136 valence electrons. The number of piperidine rings is 1. The Morgan fingerprint density at radius 3 is 3.08 bits per heavy atom. The quantitative estimate of drug-likeness (QED) is 0.827. The highest BCUT2D eigenvalue weighted by Crippen LogP contribution is 2.27. The van der Waals surface area contributed by atoms with Gasteiger partial charge in [0.15, 0.2) is 0 Å². The SMILES string of the molecule is Cc1cc2occ(CC(=O)NCCN3CCCC[C@@H]3CO)c2cc1Cl. The minimum absolute atomic E-state index is 0.0306. The molecule has 1 saturated heterocycles. The van der Waals surface area contributed by atoms with Gasteiger partial charge in [0.2, 0.25) is 5.91 Å². The van der Waals surface area contributed by atoms with Crippen LogP contribution in [0.1, 0.15) is 30.4 Å². The summed E-state index contributed by atoms with van der Waals surface area (Å²) in [6.45, 7) is 4.47. The molecule has 0 bridgehead atoms. The van der Waals surface area contributed by atoms with E-state index < -0.39 is 0 Å². The van der Waals surface area contributed by atoms with Crippen molar-refractivity contribution >= 4 is 28.5 Å². The molecule has 25 heavy (non-hydrogen) atoms. The Bertz CT molecular complexity index is 744. The first-order chi connectivity index (χ1) is 12.1. The van der Waals surface area contributed by atoms with Crippen LogP contribution in [-0.4, -0.2) is 48.2 Å². The van der Waals surface area contributed by atoms with Crippen LogP contribution in [0.5, 0.6) is 0 Å². The normalized spacial score (nSPS) is 18.6. The molecule has 1 atom stereocenters. The molecule has 1 aromatic heterocycles. The summed E-state index contributed by atoms with van der Waals surface area (Å²) in [5.74, 6) is -0.0306. The summed E-state index contributed by atoms with van der Waals surface area (Å²) in [5.41, 5.74) is 2.56. The van der Waals surface area contributed by atoms with Gasteiger partial charge in [-0.05, 0) is 44.0 Å². The van der Waals surface area contributed by atoms with Crippen molar-refractivity contribution in [2.45, 2.75) is 38.6 Å². The second-order valence-corrected chi connectivity index (χ2v) is 7.16. The fourth-order valence-corrected chi connectivity index (χ4v) is 3.64. The number of furan rings is 1. The molecule has 0 radical (unpaired) electrons. The Balaban J connectivity index is 1.53. The van der Waals surface area contributed by atoms with E-state index in [9.17, 15) is 9.90 Å². The molecule has 2 aromatic rings. The van der Waals surface area contributed by atoms with Crippen LogP contribution in [0.3, 0.4) is 0 Å². The van der Waals surface area contributed by atoms with Gasteiger partial charge in [-0.3, -0.25) is 9.69 Å². The number of aryl methyl sites for hydroxylation is 1. The summed E-state index contributed by atoms with van der Waals surface area (Å²) in [6, 6.07) is 3.98. The summed E-state index contributed by atoms with van der Waals surface area (Å²) in [6.07, 6.45) is 5.27. The minimum Gasteiger partial charge on any atom is -0.464 e. The van der Waals surface area contributed by atoms with Crippen LogP contribution in [0.25, 0.3) is 11.0 Å². The topological polar surface area (TPSA) is 65.7 Å². The average molecular weight is 365 g/mol. The highest BCUT2D eigenvalue weighted by Gasteiger charge is 2.21. The van der Waals surface area contributed by atoms with Gasteiger partial charge >= 0.3 is 0 Å². The van der Waals surface area contributed by atoms with Crippen molar-refractivity contribution < 1.29 is 14.3 Å². The number of nitrogens with zero attached hydrogens (tertiary/aromatic N) is 1. The predicted octanol–water partition coefficient (Wildman–Crippen LogP) is 2.90. The molecule has 1 aliphatic rings. The van der Waals surface area contributed by atoms with Crippen molar-refractivity contribution in [3.8, 4) is 0 Å². The minimum atomic E-state index is -0.0306. The Morgan fingerprint density at radius 1 is 1.44 bits per heavy atom. The number of fused-ring (bicyclic) bond motifs is 1. The standard InChI is InChI=1S/C19H25ClN2O3/c1-13-8-18-16(10-17(13)20)14(12-25-18)9-19(24)21-5-7-22-6-3-2-4-15(22)11-23/h8,10,12,15,23H,2-7,9,11H2,1H3,(H,21,24)/t15-/m1/s1. The highest BCUT2D eigenvalue weighted by molar-refractivity contribution is 6.32. The average Bonchev–Trinajstić information content (AvgIpc) is 2.97. The summed E-state index contributed by atoms with van der Waals surface area (Å²) in [5, 5.41) is 14.0. The van der Waals surface area contributed by atoms with Gasteiger partial charge in [0.05, 0.1) is 19.3 Å². The van der Waals surface area contributed by atoms with Crippen LogP contribution in [0.2, 0.25) is 5.02 Å². The van der Waals surface area contributed by atoms with Gasteiger partial charge in [-0.25, -0.2) is 0 Å². The van der Waals surface area contributed by atoms with Crippen LogP contribution >= 0.6 is 11.6 Å². The number of nitrogens with one attached hydrogen (secondary N) is 1. The van der Waals surface area contributed by atoms with Gasteiger partial charge < -0.3 is 14.8 Å². The number of carbonyl (C=O) groups is 1. The molecule has 1 aliphatic heterocycles. The van der Waals surface area contributed by atoms with Crippen molar-refractivity contribution in [1.29, 1.82) is 0 Å². The van der Waals surface area contributed by atoms with Crippen molar-refractivity contribution in [2.75, 3.05) is 26.2 Å². The second-order valence-electron chi connectivity index (χ2n) is 6.75. The molecule has 2 N–H and O–H groups in total. The Labute approximate surface area is 152 Å². The number of aliphatic hydroxyl groups is 1. The molecular weight excluding hydrogens is 340 g/mol. The van der Waals surface area contributed by atoms with Crippen LogP contribution < -0.4 is 5.32 Å². The largest absolute Gasteiger partial charge is 0.464 e. The van der Waals surface area contributed by atoms with Crippen molar-refractivity contribution in [1.82, 2.24) is 10.2 Å². The molecule has 0 saturated carbocycles. The van der Waals surface area contributed by atoms with Crippen LogP contribution in [0.15, 0.2) is 22.8 Å². The number of halogens is 1. The number of rotatable bonds is 6. The fraction of sp³-hybridized carbons (Fsp3) is 0.526. The maximum Gasteiger partial charge on any atom is 0.224 e. The van der Waals surface area contributed by atoms with E-state index in [1.165, 1.54) is 6.42 Å². The van der Waals surface area contributed by atoms with E-state index in [1.54, 1.807) is 6.26 Å². The third-order valence-electron chi connectivity index (χ3n) is 4.97. The van der Waals surface area contributed by atoms with Crippen molar-refractivity contribution in [3.05, 3.63) is 34.5 Å². The van der Waals surface area contributed by atoms with Crippen LogP contribution in [0.4, 0.5) is 0 Å². The first-order valence-corrected chi connectivity index (χ1v) is 9.24. The summed E-state index contributed by atoms with van der Waals surface area (Å²) in [7, 11) is 0. The monoisotopic (exact) mass is 364 g/mol. The van der Waals surface area contributed by atoms with E-state index in [-0.39, 0.29) is 25.0 Å². The molecule has 0 aliphatic carbocycles. The molecular formula is C19H25ClN2O3. The number of aliphatic hydroxyl groups excluding tert-OH is 1.